The van der Waals surface area contributed by atoms with E-state index in [9.17, 15) is 32.0 Å². The third-order valence-electron chi connectivity index (χ3n) is 10.8. The zero-order valence-electron chi connectivity index (χ0n) is 24.9. The quantitative estimate of drug-likeness (QED) is 0.156. The van der Waals surface area contributed by atoms with Crippen molar-refractivity contribution in [2.75, 3.05) is 11.5 Å². The molecular weight excluding hydrogens is 552 g/mol. The smallest absolute Gasteiger partial charge is 0.309 e. The molecule has 3 aliphatic rings. The second-order valence-corrected chi connectivity index (χ2v) is 15.3. The summed E-state index contributed by atoms with van der Waals surface area (Å²) in [5, 5.41) is 21.0. The van der Waals surface area contributed by atoms with Gasteiger partial charge in [0, 0.05) is 35.6 Å². The summed E-state index contributed by atoms with van der Waals surface area (Å²) in [5.41, 5.74) is 2.77. The van der Waals surface area contributed by atoms with Gasteiger partial charge in [-0.15, -0.1) is 0 Å². The van der Waals surface area contributed by atoms with Crippen molar-refractivity contribution in [1.29, 1.82) is 0 Å². The molecular formula is C33H50F4O3S. The number of alkyl halides is 4. The number of aliphatic hydroxyl groups is 1. The molecule has 2 fully saturated rings. The van der Waals surface area contributed by atoms with Crippen molar-refractivity contribution in [1.82, 2.24) is 0 Å². The first kappa shape index (κ1) is 32.8. The first-order valence-electron chi connectivity index (χ1n) is 15.9. The molecule has 0 bridgehead atoms. The Morgan fingerprint density at radius 2 is 1.61 bits per heavy atom. The lowest BCUT2D eigenvalue weighted by molar-refractivity contribution is -0.200. The number of aromatic hydroxyl groups is 1. The molecule has 3 nitrogen and oxygen atoms in total. The third-order valence-corrected chi connectivity index (χ3v) is 12.3. The largest absolute Gasteiger partial charge is 0.508 e. The van der Waals surface area contributed by atoms with E-state index in [1.807, 2.05) is 12.1 Å². The second kappa shape index (κ2) is 13.7. The average Bonchev–Trinajstić information content (AvgIpc) is 3.20. The Bertz CT molecular complexity index is 1030. The number of halogens is 4. The number of hydrogen-bond donors (Lipinski definition) is 2. The molecule has 234 valence electrons. The number of phenols is 1. The molecule has 4 rings (SSSR count). The fraction of sp³-hybridized carbons (Fsp3) is 0.818. The fourth-order valence-electron chi connectivity index (χ4n) is 8.36. The van der Waals surface area contributed by atoms with Crippen molar-refractivity contribution in [3.05, 3.63) is 29.3 Å². The summed E-state index contributed by atoms with van der Waals surface area (Å²) in [6.07, 6.45) is 12.6. The molecule has 0 radical (unpaired) electrons. The Labute approximate surface area is 246 Å². The van der Waals surface area contributed by atoms with E-state index < -0.39 is 29.1 Å². The molecule has 1 unspecified atom stereocenters. The minimum Gasteiger partial charge on any atom is -0.508 e. The van der Waals surface area contributed by atoms with Gasteiger partial charge in [-0.25, -0.2) is 8.78 Å². The summed E-state index contributed by atoms with van der Waals surface area (Å²) < 4.78 is 64.5. The van der Waals surface area contributed by atoms with Crippen LogP contribution in [0, 0.1) is 23.2 Å². The second-order valence-electron chi connectivity index (χ2n) is 13.6. The van der Waals surface area contributed by atoms with Gasteiger partial charge in [-0.05, 0) is 104 Å². The number of benzene rings is 1. The molecule has 8 heteroatoms. The normalized spacial score (nSPS) is 30.5. The van der Waals surface area contributed by atoms with Crippen LogP contribution in [0.4, 0.5) is 17.6 Å². The predicted molar refractivity (Wildman–Crippen MR) is 157 cm³/mol. The highest BCUT2D eigenvalue weighted by Gasteiger charge is 2.56. The topological polar surface area (TPSA) is 57.5 Å². The van der Waals surface area contributed by atoms with E-state index in [0.29, 0.717) is 35.2 Å². The van der Waals surface area contributed by atoms with Gasteiger partial charge in [0.15, 0.2) is 0 Å². The summed E-state index contributed by atoms with van der Waals surface area (Å²) in [4.78, 5) is 0. The van der Waals surface area contributed by atoms with Crippen LogP contribution in [0.25, 0.3) is 0 Å². The van der Waals surface area contributed by atoms with E-state index in [-0.39, 0.29) is 30.6 Å². The van der Waals surface area contributed by atoms with E-state index in [1.165, 1.54) is 30.4 Å². The van der Waals surface area contributed by atoms with Crippen LogP contribution in [-0.2, 0) is 17.2 Å². The Kier molecular flexibility index (Phi) is 10.9. The number of unbranched alkanes of at least 4 members (excludes halogenated alkanes) is 6. The molecule has 41 heavy (non-hydrogen) atoms. The van der Waals surface area contributed by atoms with E-state index in [1.54, 1.807) is 0 Å². The van der Waals surface area contributed by atoms with Crippen LogP contribution in [0.2, 0.25) is 0 Å². The number of aliphatic hydroxyl groups excluding tert-OH is 1. The summed E-state index contributed by atoms with van der Waals surface area (Å²) in [6.45, 7) is 2.55. The van der Waals surface area contributed by atoms with Gasteiger partial charge in [0.2, 0.25) is 0 Å². The van der Waals surface area contributed by atoms with Gasteiger partial charge >= 0.3 is 11.8 Å². The van der Waals surface area contributed by atoms with Gasteiger partial charge in [-0.1, -0.05) is 51.5 Å². The standard InChI is InChI=1S/C33H50F4O3S/c1-31-18-16-27-26-13-12-25(38)22-24(26)21-23(30(27)28(31)14-15-29(31)39)11-8-6-4-3-5-7-9-19-41(40)20-10-17-33(36,37)32(2,34)35/h12-13,22-23,27-30,38-39H,3-11,14-21H2,1-2H3/t23-,27-,28+,29+,30-,31+,41?/m1/s1. The number of phenolic OH excluding ortho intramolecular Hbond substituents is 1. The summed E-state index contributed by atoms with van der Waals surface area (Å²) in [5.74, 6) is -4.94. The highest BCUT2D eigenvalue weighted by molar-refractivity contribution is 7.84. The Hall–Kier alpha value is -1.15. The van der Waals surface area contributed by atoms with Crippen LogP contribution in [0.3, 0.4) is 0 Å². The minimum absolute atomic E-state index is 0.0345. The number of fused-ring (bicyclic) bond motifs is 5. The SMILES string of the molecule is CC(F)(F)C(F)(F)CCCS(=O)CCCCCCCCC[C@@H]1Cc2cc(O)ccc2[C@H]2CC[C@]3(C)[C@@H](O)CC[C@H]3[C@H]12. The van der Waals surface area contributed by atoms with Crippen molar-refractivity contribution in [2.24, 2.45) is 23.2 Å². The van der Waals surface area contributed by atoms with Gasteiger partial charge < -0.3 is 10.2 Å². The Balaban J connectivity index is 1.15. The molecule has 1 aromatic carbocycles. The number of hydrogen-bond acceptors (Lipinski definition) is 3. The first-order valence-corrected chi connectivity index (χ1v) is 17.4. The third kappa shape index (κ3) is 7.69. The molecule has 2 saturated carbocycles. The molecule has 2 N–H and O–H groups in total. The van der Waals surface area contributed by atoms with Crippen LogP contribution in [0.5, 0.6) is 5.75 Å². The van der Waals surface area contributed by atoms with Gasteiger partial charge in [0.05, 0.1) is 6.10 Å². The van der Waals surface area contributed by atoms with Gasteiger partial charge in [0.1, 0.15) is 5.75 Å². The maximum atomic E-state index is 13.3. The van der Waals surface area contributed by atoms with Gasteiger partial charge in [-0.3, -0.25) is 4.21 Å². The van der Waals surface area contributed by atoms with Crippen molar-refractivity contribution in [2.45, 2.75) is 134 Å². The van der Waals surface area contributed by atoms with Crippen molar-refractivity contribution < 1.29 is 32.0 Å². The predicted octanol–water partition coefficient (Wildman–Crippen LogP) is 8.78. The van der Waals surface area contributed by atoms with Crippen LogP contribution in [0.15, 0.2) is 18.2 Å². The molecule has 0 spiro atoms. The lowest BCUT2D eigenvalue weighted by Crippen LogP contribution is -2.47. The molecule has 0 aliphatic heterocycles. The van der Waals surface area contributed by atoms with Crippen molar-refractivity contribution >= 4 is 10.8 Å². The van der Waals surface area contributed by atoms with Crippen LogP contribution in [-0.4, -0.2) is 43.9 Å². The lowest BCUT2D eigenvalue weighted by Gasteiger charge is -2.53. The summed E-state index contributed by atoms with van der Waals surface area (Å²) in [6, 6.07) is 5.96. The highest BCUT2D eigenvalue weighted by atomic mass is 32.2. The Morgan fingerprint density at radius 1 is 0.951 bits per heavy atom. The molecule has 1 aromatic rings. The fourth-order valence-corrected chi connectivity index (χ4v) is 9.56. The molecule has 0 saturated heterocycles. The first-order chi connectivity index (χ1) is 19.3. The van der Waals surface area contributed by atoms with Gasteiger partial charge in [-0.2, -0.15) is 8.78 Å². The molecule has 0 heterocycles. The minimum atomic E-state index is -4.04. The van der Waals surface area contributed by atoms with Crippen LogP contribution in [0.1, 0.15) is 121 Å². The van der Waals surface area contributed by atoms with E-state index >= 15 is 0 Å². The van der Waals surface area contributed by atoms with Crippen LogP contribution < -0.4 is 0 Å². The summed E-state index contributed by atoms with van der Waals surface area (Å²) in [7, 11) is -1.23. The Morgan fingerprint density at radius 3 is 2.32 bits per heavy atom. The summed E-state index contributed by atoms with van der Waals surface area (Å²) >= 11 is 0. The van der Waals surface area contributed by atoms with E-state index in [2.05, 4.69) is 13.0 Å². The zero-order chi connectivity index (χ0) is 29.8. The average molecular weight is 603 g/mol. The molecule has 0 amide bonds. The van der Waals surface area contributed by atoms with Gasteiger partial charge in [0.25, 0.3) is 0 Å². The molecule has 7 atom stereocenters. The number of rotatable bonds is 15. The van der Waals surface area contributed by atoms with Crippen molar-refractivity contribution in [3.63, 3.8) is 0 Å². The maximum Gasteiger partial charge on any atom is 0.309 e. The van der Waals surface area contributed by atoms with E-state index in [0.717, 1.165) is 64.2 Å². The van der Waals surface area contributed by atoms with E-state index in [4.69, 9.17) is 0 Å². The van der Waals surface area contributed by atoms with Crippen LogP contribution >= 0.6 is 0 Å². The zero-order valence-corrected chi connectivity index (χ0v) is 25.7. The molecule has 0 aromatic heterocycles. The lowest BCUT2D eigenvalue weighted by atomic mass is 9.52. The van der Waals surface area contributed by atoms with Crippen molar-refractivity contribution in [3.8, 4) is 5.75 Å². The monoisotopic (exact) mass is 602 g/mol. The highest BCUT2D eigenvalue weighted by Crippen LogP contribution is 2.62. The maximum absolute atomic E-state index is 13.3. The molecule has 3 aliphatic carbocycles.